The second kappa shape index (κ2) is 3.70. The molecule has 1 aliphatic carbocycles. The zero-order chi connectivity index (χ0) is 12.0. The van der Waals surface area contributed by atoms with Crippen molar-refractivity contribution in [3.63, 3.8) is 0 Å². The molecule has 6 heteroatoms. The summed E-state index contributed by atoms with van der Waals surface area (Å²) in [5.74, 6) is -0.213. The minimum atomic E-state index is -3.62. The number of fused-ring (bicyclic) bond motifs is 1. The van der Waals surface area contributed by atoms with E-state index >= 15 is 0 Å². The van der Waals surface area contributed by atoms with Crippen LogP contribution in [0.25, 0.3) is 0 Å². The van der Waals surface area contributed by atoms with E-state index in [0.29, 0.717) is 6.42 Å². The van der Waals surface area contributed by atoms with Gasteiger partial charge in [0, 0.05) is 6.42 Å². The van der Waals surface area contributed by atoms with Gasteiger partial charge in [-0.25, -0.2) is 5.06 Å². The Bertz CT molecular complexity index is 405. The summed E-state index contributed by atoms with van der Waals surface area (Å²) in [6.45, 7) is 2.11. The van der Waals surface area contributed by atoms with Crippen molar-refractivity contribution in [2.75, 3.05) is 6.26 Å². The Morgan fingerprint density at radius 1 is 1.44 bits per heavy atom. The molecule has 1 amide bonds. The average Bonchev–Trinajstić information content (AvgIpc) is 2.52. The lowest BCUT2D eigenvalue weighted by Gasteiger charge is -2.42. The Morgan fingerprint density at radius 3 is 2.75 bits per heavy atom. The van der Waals surface area contributed by atoms with Gasteiger partial charge >= 0.3 is 0 Å². The number of rotatable bonds is 2. The molecule has 0 aromatic carbocycles. The minimum Gasteiger partial charge on any atom is -0.273 e. The van der Waals surface area contributed by atoms with Gasteiger partial charge in [0.05, 0.1) is 12.3 Å². The molecule has 0 bridgehead atoms. The van der Waals surface area contributed by atoms with Crippen LogP contribution in [0.3, 0.4) is 0 Å². The topological polar surface area (TPSA) is 63.7 Å². The van der Waals surface area contributed by atoms with Gasteiger partial charge < -0.3 is 0 Å². The summed E-state index contributed by atoms with van der Waals surface area (Å²) in [7, 11) is -3.62. The summed E-state index contributed by atoms with van der Waals surface area (Å²) in [5.41, 5.74) is 0.0264. The number of hydroxylamine groups is 2. The molecule has 1 saturated heterocycles. The number of nitrogens with zero attached hydrogens (tertiary/aromatic N) is 1. The van der Waals surface area contributed by atoms with Crippen molar-refractivity contribution in [2.45, 2.75) is 45.1 Å². The van der Waals surface area contributed by atoms with Crippen molar-refractivity contribution in [3.05, 3.63) is 0 Å². The number of hydrogen-bond acceptors (Lipinski definition) is 4. The normalized spacial score (nSPS) is 35.2. The van der Waals surface area contributed by atoms with Crippen LogP contribution in [-0.4, -0.2) is 31.7 Å². The Labute approximate surface area is 95.8 Å². The van der Waals surface area contributed by atoms with Crippen LogP contribution in [0.5, 0.6) is 0 Å². The fourth-order valence-electron chi connectivity index (χ4n) is 2.82. The van der Waals surface area contributed by atoms with E-state index in [4.69, 9.17) is 4.28 Å². The highest BCUT2D eigenvalue weighted by Gasteiger charge is 2.49. The van der Waals surface area contributed by atoms with Crippen molar-refractivity contribution >= 4 is 16.0 Å². The first-order valence-corrected chi connectivity index (χ1v) is 7.35. The lowest BCUT2D eigenvalue weighted by molar-refractivity contribution is -0.181. The number of amides is 1. The van der Waals surface area contributed by atoms with E-state index in [1.54, 1.807) is 0 Å². The molecular weight excluding hydrogens is 230 g/mol. The molecular formula is C10H17NO4S. The van der Waals surface area contributed by atoms with Crippen LogP contribution in [0.1, 0.15) is 39.0 Å². The Morgan fingerprint density at radius 2 is 2.12 bits per heavy atom. The first kappa shape index (κ1) is 11.9. The van der Waals surface area contributed by atoms with Gasteiger partial charge in [-0.1, -0.05) is 13.3 Å². The summed E-state index contributed by atoms with van der Waals surface area (Å²) in [5, 5.41) is 1.10. The number of carbonyl (C=O) groups is 1. The summed E-state index contributed by atoms with van der Waals surface area (Å²) in [4.78, 5) is 11.7. The first-order valence-electron chi connectivity index (χ1n) is 5.53. The van der Waals surface area contributed by atoms with Crippen molar-refractivity contribution in [3.8, 4) is 0 Å². The van der Waals surface area contributed by atoms with Crippen molar-refractivity contribution in [2.24, 2.45) is 5.41 Å². The quantitative estimate of drug-likeness (QED) is 0.732. The second-order valence-corrected chi connectivity index (χ2v) is 6.62. The molecule has 2 fully saturated rings. The maximum Gasteiger partial charge on any atom is 0.285 e. The number of hydrogen-bond donors (Lipinski definition) is 0. The molecule has 1 heterocycles. The van der Waals surface area contributed by atoms with Gasteiger partial charge in [0.1, 0.15) is 0 Å². The fraction of sp³-hybridized carbons (Fsp3) is 0.900. The SMILES string of the molecule is C[C@@]12CCC[C@@H]1N(OS(C)(=O)=O)C(=O)CC2. The van der Waals surface area contributed by atoms with Crippen molar-refractivity contribution in [1.29, 1.82) is 0 Å². The van der Waals surface area contributed by atoms with Crippen molar-refractivity contribution in [1.82, 2.24) is 5.06 Å². The Balaban J connectivity index is 2.24. The minimum absolute atomic E-state index is 0.0264. The largest absolute Gasteiger partial charge is 0.285 e. The van der Waals surface area contributed by atoms with Crippen LogP contribution in [0.15, 0.2) is 0 Å². The van der Waals surface area contributed by atoms with Crippen LogP contribution in [0.4, 0.5) is 0 Å². The molecule has 2 aliphatic rings. The molecule has 0 spiro atoms. The molecule has 16 heavy (non-hydrogen) atoms. The lowest BCUT2D eigenvalue weighted by Crippen LogP contribution is -2.51. The molecule has 1 aliphatic heterocycles. The maximum absolute atomic E-state index is 11.7. The van der Waals surface area contributed by atoms with Gasteiger partial charge in [-0.2, -0.15) is 8.42 Å². The zero-order valence-corrected chi connectivity index (χ0v) is 10.4. The van der Waals surface area contributed by atoms with E-state index in [1.807, 2.05) is 0 Å². The standard InChI is InChI=1S/C10H17NO4S/c1-10-6-3-4-8(10)11(9(12)5-7-10)15-16(2,13)14/h8H,3-7H2,1-2H3/t8-,10-/m0/s1. The number of carbonyl (C=O) groups excluding carboxylic acids is 1. The van der Waals surface area contributed by atoms with Gasteiger partial charge in [0.25, 0.3) is 10.1 Å². The van der Waals surface area contributed by atoms with E-state index in [1.165, 1.54) is 0 Å². The molecule has 0 unspecified atom stereocenters. The highest BCUT2D eigenvalue weighted by molar-refractivity contribution is 7.85. The maximum atomic E-state index is 11.7. The van der Waals surface area contributed by atoms with Gasteiger partial charge in [-0.05, 0) is 24.7 Å². The zero-order valence-electron chi connectivity index (χ0n) is 9.60. The smallest absolute Gasteiger partial charge is 0.273 e. The third kappa shape index (κ3) is 2.08. The lowest BCUT2D eigenvalue weighted by atomic mass is 9.77. The first-order chi connectivity index (χ1) is 7.32. The van der Waals surface area contributed by atoms with E-state index in [0.717, 1.165) is 37.0 Å². The van der Waals surface area contributed by atoms with Crippen LogP contribution in [-0.2, 0) is 19.2 Å². The van der Waals surface area contributed by atoms with Gasteiger partial charge in [-0.3, -0.25) is 4.79 Å². The summed E-state index contributed by atoms with van der Waals surface area (Å²) in [6, 6.07) is -0.0801. The van der Waals surface area contributed by atoms with Crippen molar-refractivity contribution < 1.29 is 17.5 Å². The third-order valence-corrected chi connectivity index (χ3v) is 4.12. The molecule has 0 aromatic rings. The van der Waals surface area contributed by atoms with Crippen LogP contribution < -0.4 is 0 Å². The molecule has 0 N–H and O–H groups in total. The molecule has 1 saturated carbocycles. The van der Waals surface area contributed by atoms with E-state index in [2.05, 4.69) is 6.92 Å². The van der Waals surface area contributed by atoms with Gasteiger partial charge in [0.15, 0.2) is 0 Å². The predicted octanol–water partition coefficient (Wildman–Crippen LogP) is 1.06. The summed E-state index contributed by atoms with van der Waals surface area (Å²) < 4.78 is 27.1. The second-order valence-electron chi connectivity index (χ2n) is 5.06. The van der Waals surface area contributed by atoms with Crippen LogP contribution >= 0.6 is 0 Å². The highest BCUT2D eigenvalue weighted by atomic mass is 32.2. The summed E-state index contributed by atoms with van der Waals surface area (Å²) in [6.07, 6.45) is 5.08. The van der Waals surface area contributed by atoms with E-state index in [9.17, 15) is 13.2 Å². The number of piperidine rings is 1. The monoisotopic (exact) mass is 247 g/mol. The highest BCUT2D eigenvalue weighted by Crippen LogP contribution is 2.47. The van der Waals surface area contributed by atoms with Gasteiger partial charge in [-0.15, -0.1) is 4.28 Å². The average molecular weight is 247 g/mol. The predicted molar refractivity (Wildman–Crippen MR) is 57.8 cm³/mol. The molecule has 2 atom stereocenters. The third-order valence-electron chi connectivity index (χ3n) is 3.68. The van der Waals surface area contributed by atoms with E-state index < -0.39 is 10.1 Å². The molecule has 92 valence electrons. The van der Waals surface area contributed by atoms with Gasteiger partial charge in [0.2, 0.25) is 5.91 Å². The summed E-state index contributed by atoms with van der Waals surface area (Å²) >= 11 is 0. The van der Waals surface area contributed by atoms with Crippen LogP contribution in [0.2, 0.25) is 0 Å². The molecule has 2 rings (SSSR count). The fourth-order valence-corrected chi connectivity index (χ4v) is 3.30. The molecule has 5 nitrogen and oxygen atoms in total. The Hall–Kier alpha value is -0.620. The molecule has 0 radical (unpaired) electrons. The molecule has 0 aromatic heterocycles. The van der Waals surface area contributed by atoms with Crippen LogP contribution in [0, 0.1) is 5.41 Å². The Kier molecular flexibility index (Phi) is 2.74. The van der Waals surface area contributed by atoms with E-state index in [-0.39, 0.29) is 17.4 Å².